The Hall–Kier alpha value is -1.68. The standard InChI is InChI=1S/C17H24O4/c1-3-20-17(19)14(2)9-10-16(11-12-18)21-13-15-7-5-4-6-8-15/h4-8,12,14,16H,3,9-11,13H2,1-2H3/t14-,16+/m1/s1. The molecular weight excluding hydrogens is 268 g/mol. The lowest BCUT2D eigenvalue weighted by atomic mass is 10.0. The number of hydrogen-bond acceptors (Lipinski definition) is 4. The van der Waals surface area contributed by atoms with Crippen LogP contribution < -0.4 is 0 Å². The summed E-state index contributed by atoms with van der Waals surface area (Å²) in [6.45, 7) is 4.51. The van der Waals surface area contributed by atoms with E-state index in [1.54, 1.807) is 6.92 Å². The van der Waals surface area contributed by atoms with E-state index < -0.39 is 0 Å². The van der Waals surface area contributed by atoms with E-state index in [9.17, 15) is 9.59 Å². The van der Waals surface area contributed by atoms with Crippen LogP contribution in [0.5, 0.6) is 0 Å². The van der Waals surface area contributed by atoms with Gasteiger partial charge in [-0.2, -0.15) is 0 Å². The van der Waals surface area contributed by atoms with Gasteiger partial charge in [0.1, 0.15) is 6.29 Å². The van der Waals surface area contributed by atoms with Crippen LogP contribution in [0.1, 0.15) is 38.7 Å². The van der Waals surface area contributed by atoms with Crippen molar-refractivity contribution in [2.45, 2.75) is 45.8 Å². The fourth-order valence-electron chi connectivity index (χ4n) is 2.00. The zero-order valence-electron chi connectivity index (χ0n) is 12.8. The molecule has 0 aliphatic carbocycles. The minimum absolute atomic E-state index is 0.153. The predicted octanol–water partition coefficient (Wildman–Crippen LogP) is 3.14. The number of aldehydes is 1. The first kappa shape index (κ1) is 17.4. The number of rotatable bonds is 10. The van der Waals surface area contributed by atoms with Crippen LogP contribution in [0.4, 0.5) is 0 Å². The summed E-state index contributed by atoms with van der Waals surface area (Å²) in [5.41, 5.74) is 1.08. The Kier molecular flexibility index (Phi) is 8.36. The van der Waals surface area contributed by atoms with Crippen molar-refractivity contribution < 1.29 is 19.1 Å². The van der Waals surface area contributed by atoms with Gasteiger partial charge in [0.15, 0.2) is 0 Å². The Morgan fingerprint density at radius 2 is 1.95 bits per heavy atom. The lowest BCUT2D eigenvalue weighted by Crippen LogP contribution is -2.19. The van der Waals surface area contributed by atoms with Crippen molar-refractivity contribution >= 4 is 12.3 Å². The minimum atomic E-state index is -0.189. The third-order valence-electron chi connectivity index (χ3n) is 3.30. The molecule has 0 spiro atoms. The van der Waals surface area contributed by atoms with Gasteiger partial charge in [-0.05, 0) is 25.3 Å². The smallest absolute Gasteiger partial charge is 0.308 e. The molecule has 0 saturated heterocycles. The van der Waals surface area contributed by atoms with Gasteiger partial charge in [-0.3, -0.25) is 4.79 Å². The number of hydrogen-bond donors (Lipinski definition) is 0. The van der Waals surface area contributed by atoms with Crippen LogP contribution in [0, 0.1) is 5.92 Å². The first-order chi connectivity index (χ1) is 10.2. The quantitative estimate of drug-likeness (QED) is 0.491. The van der Waals surface area contributed by atoms with Gasteiger partial charge in [-0.1, -0.05) is 37.3 Å². The Bertz CT molecular complexity index is 416. The molecule has 0 fully saturated rings. The third-order valence-corrected chi connectivity index (χ3v) is 3.30. The average Bonchev–Trinajstić information content (AvgIpc) is 2.51. The molecule has 116 valence electrons. The first-order valence-electron chi connectivity index (χ1n) is 7.43. The van der Waals surface area contributed by atoms with Crippen LogP contribution in [0.2, 0.25) is 0 Å². The molecule has 0 N–H and O–H groups in total. The molecule has 1 aromatic carbocycles. The maximum absolute atomic E-state index is 11.6. The van der Waals surface area contributed by atoms with Crippen LogP contribution in [-0.4, -0.2) is 25.0 Å². The van der Waals surface area contributed by atoms with Gasteiger partial charge in [0.2, 0.25) is 0 Å². The van der Waals surface area contributed by atoms with E-state index in [4.69, 9.17) is 9.47 Å². The van der Waals surface area contributed by atoms with Crippen LogP contribution in [0.15, 0.2) is 30.3 Å². The van der Waals surface area contributed by atoms with E-state index >= 15 is 0 Å². The summed E-state index contributed by atoms with van der Waals surface area (Å²) < 4.78 is 10.8. The molecule has 0 heterocycles. The zero-order chi connectivity index (χ0) is 15.5. The van der Waals surface area contributed by atoms with E-state index in [0.29, 0.717) is 32.5 Å². The van der Waals surface area contributed by atoms with E-state index in [1.807, 2.05) is 37.3 Å². The van der Waals surface area contributed by atoms with Crippen molar-refractivity contribution in [2.75, 3.05) is 6.61 Å². The lowest BCUT2D eigenvalue weighted by Gasteiger charge is -2.17. The normalized spacial score (nSPS) is 13.4. The molecule has 2 atom stereocenters. The maximum atomic E-state index is 11.6. The van der Waals surface area contributed by atoms with Crippen molar-refractivity contribution in [3.63, 3.8) is 0 Å². The molecule has 0 radical (unpaired) electrons. The van der Waals surface area contributed by atoms with Crippen LogP contribution in [0.25, 0.3) is 0 Å². The fraction of sp³-hybridized carbons (Fsp3) is 0.529. The number of carbonyl (C=O) groups excluding carboxylic acids is 2. The van der Waals surface area contributed by atoms with E-state index in [1.165, 1.54) is 0 Å². The number of esters is 1. The summed E-state index contributed by atoms with van der Waals surface area (Å²) >= 11 is 0. The second-order valence-electron chi connectivity index (χ2n) is 5.05. The molecule has 1 rings (SSSR count). The van der Waals surface area contributed by atoms with Crippen LogP contribution in [-0.2, 0) is 25.7 Å². The van der Waals surface area contributed by atoms with Gasteiger partial charge < -0.3 is 14.3 Å². The Balaban J connectivity index is 2.39. The van der Waals surface area contributed by atoms with Gasteiger partial charge >= 0.3 is 5.97 Å². The van der Waals surface area contributed by atoms with E-state index in [2.05, 4.69) is 0 Å². The Morgan fingerprint density at radius 3 is 2.57 bits per heavy atom. The van der Waals surface area contributed by atoms with Gasteiger partial charge in [0.25, 0.3) is 0 Å². The van der Waals surface area contributed by atoms with Gasteiger partial charge in [0, 0.05) is 6.42 Å². The average molecular weight is 292 g/mol. The summed E-state index contributed by atoms with van der Waals surface area (Å²) in [6, 6.07) is 9.83. The highest BCUT2D eigenvalue weighted by atomic mass is 16.5. The highest BCUT2D eigenvalue weighted by Gasteiger charge is 2.17. The van der Waals surface area contributed by atoms with Crippen molar-refractivity contribution in [1.29, 1.82) is 0 Å². The highest BCUT2D eigenvalue weighted by Crippen LogP contribution is 2.15. The molecule has 0 saturated carbocycles. The van der Waals surface area contributed by atoms with Gasteiger partial charge in [0.05, 0.1) is 25.2 Å². The van der Waals surface area contributed by atoms with Crippen molar-refractivity contribution in [3.05, 3.63) is 35.9 Å². The molecule has 0 amide bonds. The SMILES string of the molecule is CCOC(=O)[C@H](C)CC[C@@H](CC=O)OCc1ccccc1. The Labute approximate surface area is 126 Å². The maximum Gasteiger partial charge on any atom is 0.308 e. The molecule has 0 aliphatic rings. The van der Waals surface area contributed by atoms with E-state index in [-0.39, 0.29) is 18.0 Å². The molecule has 0 unspecified atom stereocenters. The molecule has 4 heteroatoms. The largest absolute Gasteiger partial charge is 0.466 e. The summed E-state index contributed by atoms with van der Waals surface area (Å²) in [5.74, 6) is -0.357. The molecule has 4 nitrogen and oxygen atoms in total. The monoisotopic (exact) mass is 292 g/mol. The summed E-state index contributed by atoms with van der Waals surface area (Å²) in [6.07, 6.45) is 2.39. The predicted molar refractivity (Wildman–Crippen MR) is 80.7 cm³/mol. The minimum Gasteiger partial charge on any atom is -0.466 e. The first-order valence-corrected chi connectivity index (χ1v) is 7.43. The summed E-state index contributed by atoms with van der Waals surface area (Å²) in [7, 11) is 0. The molecular formula is C17H24O4. The summed E-state index contributed by atoms with van der Waals surface area (Å²) in [4.78, 5) is 22.3. The second kappa shape index (κ2) is 10.1. The van der Waals surface area contributed by atoms with Gasteiger partial charge in [-0.15, -0.1) is 0 Å². The number of ether oxygens (including phenoxy) is 2. The molecule has 0 bridgehead atoms. The molecule has 1 aromatic rings. The fourth-order valence-corrected chi connectivity index (χ4v) is 2.00. The topological polar surface area (TPSA) is 52.6 Å². The van der Waals surface area contributed by atoms with Crippen molar-refractivity contribution in [3.8, 4) is 0 Å². The zero-order valence-corrected chi connectivity index (χ0v) is 12.8. The molecule has 21 heavy (non-hydrogen) atoms. The van der Waals surface area contributed by atoms with Gasteiger partial charge in [-0.25, -0.2) is 0 Å². The highest BCUT2D eigenvalue weighted by molar-refractivity contribution is 5.71. The number of benzene rings is 1. The second-order valence-corrected chi connectivity index (χ2v) is 5.05. The van der Waals surface area contributed by atoms with Crippen molar-refractivity contribution in [1.82, 2.24) is 0 Å². The number of carbonyl (C=O) groups is 2. The Morgan fingerprint density at radius 1 is 1.24 bits per heavy atom. The van der Waals surface area contributed by atoms with Crippen molar-refractivity contribution in [2.24, 2.45) is 5.92 Å². The van der Waals surface area contributed by atoms with E-state index in [0.717, 1.165) is 11.8 Å². The molecule has 0 aliphatic heterocycles. The van der Waals surface area contributed by atoms with Crippen LogP contribution >= 0.6 is 0 Å². The summed E-state index contributed by atoms with van der Waals surface area (Å²) in [5, 5.41) is 0. The van der Waals surface area contributed by atoms with Crippen LogP contribution in [0.3, 0.4) is 0 Å². The molecule has 0 aromatic heterocycles. The third kappa shape index (κ3) is 7.04. The lowest BCUT2D eigenvalue weighted by molar-refractivity contribution is -0.147.